The lowest BCUT2D eigenvalue weighted by Crippen LogP contribution is -2.54. The molecule has 1 fully saturated rings. The Morgan fingerprint density at radius 1 is 1.10 bits per heavy atom. The summed E-state index contributed by atoms with van der Waals surface area (Å²) >= 11 is 0. The molecule has 0 saturated carbocycles. The summed E-state index contributed by atoms with van der Waals surface area (Å²) in [5.74, 6) is 0.379. The molecule has 0 unspecified atom stereocenters. The average Bonchev–Trinajstić information content (AvgIpc) is 3.06. The van der Waals surface area contributed by atoms with E-state index in [2.05, 4.69) is 66.5 Å². The van der Waals surface area contributed by atoms with Crippen molar-refractivity contribution >= 4 is 23.0 Å². The Morgan fingerprint density at radius 3 is 2.39 bits per heavy atom. The molecule has 0 spiro atoms. The molecule has 1 aliphatic rings. The van der Waals surface area contributed by atoms with Gasteiger partial charge in [0.05, 0.1) is 32.0 Å². The van der Waals surface area contributed by atoms with Crippen molar-refractivity contribution in [1.29, 1.82) is 0 Å². The fourth-order valence-corrected chi connectivity index (χ4v) is 6.69. The van der Waals surface area contributed by atoms with Gasteiger partial charge >= 0.3 is 0 Å². The fourth-order valence-electron chi connectivity index (χ4n) is 5.15. The number of sulfonamides is 1. The van der Waals surface area contributed by atoms with Crippen LogP contribution in [0.4, 0.5) is 0 Å². The van der Waals surface area contributed by atoms with E-state index in [1.807, 2.05) is 25.1 Å². The lowest BCUT2D eigenvalue weighted by atomic mass is 9.54. The smallest absolute Gasteiger partial charge is 0.243 e. The molecule has 0 aliphatic carbocycles. The number of imidazole rings is 1. The zero-order valence-electron chi connectivity index (χ0n) is 18.7. The van der Waals surface area contributed by atoms with Gasteiger partial charge in [-0.1, -0.05) is 60.2 Å². The van der Waals surface area contributed by atoms with Crippen molar-refractivity contribution in [2.75, 3.05) is 13.1 Å². The number of hydrogen-bond donors (Lipinski definition) is 0. The predicted molar refractivity (Wildman–Crippen MR) is 127 cm³/mol. The second-order valence-electron chi connectivity index (χ2n) is 8.99. The van der Waals surface area contributed by atoms with Crippen LogP contribution in [0.3, 0.4) is 0 Å². The topological polar surface area (TPSA) is 46.2 Å². The van der Waals surface area contributed by atoms with Crippen LogP contribution in [0.5, 0.6) is 0 Å². The highest BCUT2D eigenvalue weighted by atomic mass is 32.2. The number of piperidine rings is 1. The lowest BCUT2D eigenvalue weighted by molar-refractivity contribution is -0.653. The molecule has 1 saturated heterocycles. The van der Waals surface area contributed by atoms with Crippen molar-refractivity contribution in [3.63, 3.8) is 0 Å². The summed E-state index contributed by atoms with van der Waals surface area (Å²) in [5, 5.41) is 0. The van der Waals surface area contributed by atoms with Gasteiger partial charge in [-0.3, -0.25) is 9.13 Å². The molecule has 2 atom stereocenters. The Morgan fingerprint density at radius 2 is 1.77 bits per heavy atom. The van der Waals surface area contributed by atoms with E-state index in [4.69, 9.17) is 0 Å². The average molecular weight is 435 g/mol. The monoisotopic (exact) mass is 435 g/mol. The van der Waals surface area contributed by atoms with E-state index in [-0.39, 0.29) is 11.7 Å². The molecule has 0 amide bonds. The zero-order valence-corrected chi connectivity index (χ0v) is 19.5. The van der Waals surface area contributed by atoms with Crippen LogP contribution >= 0.6 is 0 Å². The summed E-state index contributed by atoms with van der Waals surface area (Å²) in [6.45, 7) is 7.20. The predicted octanol–water partition coefficient (Wildman–Crippen LogP) is 1.79. The third kappa shape index (κ3) is 4.25. The number of nitrogens with zero attached hydrogens (tertiary/aromatic N) is 3. The highest BCUT2D eigenvalue weighted by Crippen LogP contribution is 2.40. The first-order valence-electron chi connectivity index (χ1n) is 10.9. The fraction of sp³-hybridized carbons (Fsp3) is 0.292. The van der Waals surface area contributed by atoms with E-state index >= 15 is 0 Å². The SMILES string of the molecule is C=C1CN(S(=O)(=O)c2ccc(C)cc2)C[C@H]([BH2-]c2n(C)cc[n+]2C)[C@H]1c1ccccc1. The second-order valence-corrected chi connectivity index (χ2v) is 10.9. The van der Waals surface area contributed by atoms with Crippen molar-refractivity contribution in [1.82, 2.24) is 8.87 Å². The van der Waals surface area contributed by atoms with Gasteiger partial charge in [-0.2, -0.15) is 4.31 Å². The minimum Gasteiger partial charge on any atom is -0.274 e. The Balaban J connectivity index is 1.71. The minimum atomic E-state index is -3.57. The van der Waals surface area contributed by atoms with Gasteiger partial charge in [0.15, 0.2) is 0 Å². The van der Waals surface area contributed by atoms with E-state index in [1.54, 1.807) is 16.4 Å². The summed E-state index contributed by atoms with van der Waals surface area (Å²) in [4.78, 5) is 0.354. The number of aryl methyl sites for hydroxylation is 3. The Labute approximate surface area is 185 Å². The van der Waals surface area contributed by atoms with Crippen molar-refractivity contribution < 1.29 is 13.0 Å². The van der Waals surface area contributed by atoms with Gasteiger partial charge in [0, 0.05) is 6.54 Å². The molecule has 2 aromatic carbocycles. The number of rotatable bonds is 5. The highest BCUT2D eigenvalue weighted by Gasteiger charge is 2.36. The van der Waals surface area contributed by atoms with E-state index in [0.29, 0.717) is 18.0 Å². The molecule has 0 N–H and O–H groups in total. The van der Waals surface area contributed by atoms with Crippen LogP contribution < -0.4 is 10.3 Å². The van der Waals surface area contributed by atoms with Crippen LogP contribution in [-0.2, 0) is 24.1 Å². The van der Waals surface area contributed by atoms with Gasteiger partial charge in [-0.05, 0) is 37.1 Å². The highest BCUT2D eigenvalue weighted by molar-refractivity contribution is 7.89. The van der Waals surface area contributed by atoms with Crippen molar-refractivity contribution in [2.24, 2.45) is 14.1 Å². The Bertz CT molecular complexity index is 1170. The molecule has 1 aromatic heterocycles. The molecule has 0 bridgehead atoms. The standard InChI is InChI=1S/C24H30BN3O2S/c1-18-10-12-21(13-11-18)31(29,30)28-16-19(2)23(20-8-6-5-7-9-20)22(17-28)25-24-26(3)14-15-27(24)4/h5-15,22-23H,2,16-17,25H2,1,3-4H3/t22-,23+/m0/s1. The normalized spacial score (nSPS) is 20.2. The maximum atomic E-state index is 13.5. The van der Waals surface area contributed by atoms with Gasteiger partial charge in [0.25, 0.3) is 0 Å². The molecule has 3 aromatic rings. The van der Waals surface area contributed by atoms with Crippen LogP contribution in [0.25, 0.3) is 0 Å². The van der Waals surface area contributed by atoms with E-state index < -0.39 is 17.3 Å². The quantitative estimate of drug-likeness (QED) is 0.349. The molecular formula is C24H30BN3O2S. The maximum Gasteiger partial charge on any atom is 0.243 e. The van der Waals surface area contributed by atoms with Gasteiger partial charge in [0.2, 0.25) is 10.0 Å². The molecule has 1 aliphatic heterocycles. The molecule has 5 nitrogen and oxygen atoms in total. The molecule has 0 radical (unpaired) electrons. The van der Waals surface area contributed by atoms with Gasteiger partial charge in [0.1, 0.15) is 12.4 Å². The van der Waals surface area contributed by atoms with Gasteiger partial charge in [-0.25, -0.2) is 8.42 Å². The number of aromatic nitrogens is 2. The van der Waals surface area contributed by atoms with Crippen LogP contribution in [0, 0.1) is 6.92 Å². The van der Waals surface area contributed by atoms with Crippen LogP contribution in [-0.4, -0.2) is 37.7 Å². The summed E-state index contributed by atoms with van der Waals surface area (Å²) < 4.78 is 32.9. The Hall–Kier alpha value is -2.64. The summed E-state index contributed by atoms with van der Waals surface area (Å²) in [5.41, 5.74) is 4.53. The van der Waals surface area contributed by atoms with Crippen molar-refractivity contribution in [3.05, 3.63) is 90.3 Å². The van der Waals surface area contributed by atoms with Crippen molar-refractivity contribution in [3.8, 4) is 0 Å². The van der Waals surface area contributed by atoms with Crippen LogP contribution in [0.15, 0.2) is 84.0 Å². The first-order valence-corrected chi connectivity index (χ1v) is 12.3. The first-order chi connectivity index (χ1) is 14.8. The zero-order chi connectivity index (χ0) is 22.2. The summed E-state index contributed by atoms with van der Waals surface area (Å²) in [6.07, 6.45) is 4.13. The van der Waals surface area contributed by atoms with Gasteiger partial charge < -0.3 is 0 Å². The second kappa shape index (κ2) is 8.48. The largest absolute Gasteiger partial charge is 0.274 e. The molecule has 7 heteroatoms. The van der Waals surface area contributed by atoms with E-state index in [1.165, 1.54) is 11.3 Å². The first kappa shape index (κ1) is 21.6. The van der Waals surface area contributed by atoms with Crippen LogP contribution in [0.1, 0.15) is 17.0 Å². The summed E-state index contributed by atoms with van der Waals surface area (Å²) in [7, 11) is -0.0973. The van der Waals surface area contributed by atoms with Gasteiger partial charge in [-0.15, -0.1) is 5.82 Å². The Kier molecular flexibility index (Phi) is 5.91. The molecule has 31 heavy (non-hydrogen) atoms. The lowest BCUT2D eigenvalue weighted by Gasteiger charge is -2.42. The number of hydrogen-bond acceptors (Lipinski definition) is 2. The number of benzene rings is 2. The maximum absolute atomic E-state index is 13.5. The van der Waals surface area contributed by atoms with E-state index in [9.17, 15) is 8.42 Å². The third-order valence-corrected chi connectivity index (χ3v) is 8.69. The molecule has 4 rings (SSSR count). The molecular weight excluding hydrogens is 405 g/mol. The van der Waals surface area contributed by atoms with Crippen LogP contribution in [0.2, 0.25) is 5.82 Å². The minimum absolute atomic E-state index is 0.167. The third-order valence-electron chi connectivity index (χ3n) is 6.86. The van der Waals surface area contributed by atoms with E-state index in [0.717, 1.165) is 11.1 Å². The molecule has 2 heterocycles. The van der Waals surface area contributed by atoms with Crippen molar-refractivity contribution in [2.45, 2.75) is 23.6 Å². The summed E-state index contributed by atoms with van der Waals surface area (Å²) in [6, 6.07) is 17.5. The molecule has 162 valence electrons.